The molecule has 0 aliphatic heterocycles. The predicted octanol–water partition coefficient (Wildman–Crippen LogP) is 3.96. The molecule has 0 saturated heterocycles. The van der Waals surface area contributed by atoms with Gasteiger partial charge in [-0.05, 0) is 65.2 Å². The molecule has 1 aliphatic carbocycles. The fourth-order valence-electron chi connectivity index (χ4n) is 2.74. The maximum Gasteiger partial charge on any atom is 0.337 e. The lowest BCUT2D eigenvalue weighted by atomic mass is 10.2. The van der Waals surface area contributed by atoms with Gasteiger partial charge in [-0.2, -0.15) is 4.98 Å². The van der Waals surface area contributed by atoms with Crippen molar-refractivity contribution in [2.75, 3.05) is 11.8 Å². The first-order chi connectivity index (χ1) is 13.9. The fraction of sp³-hybridized carbons (Fsp3) is 0.211. The van der Waals surface area contributed by atoms with Crippen LogP contribution in [0.15, 0.2) is 56.4 Å². The molecular weight excluding hydrogens is 462 g/mol. The molecule has 1 aromatic heterocycles. The Morgan fingerprint density at radius 1 is 1.24 bits per heavy atom. The standard InChI is InChI=1S/C19H16BrN3O5S/c1-27-19(24)13-7-8-15(20)16(10-13)29(25,26)23-14-4-2-3-12(9-14)18-21-17(22-28-18)11-5-6-11/h2-4,7-11,23H,5-6H2,1H3. The lowest BCUT2D eigenvalue weighted by molar-refractivity contribution is 0.0600. The van der Waals surface area contributed by atoms with Gasteiger partial charge in [-0.15, -0.1) is 0 Å². The van der Waals surface area contributed by atoms with E-state index in [0.717, 1.165) is 12.8 Å². The van der Waals surface area contributed by atoms with Crippen molar-refractivity contribution < 1.29 is 22.5 Å². The second-order valence-electron chi connectivity index (χ2n) is 6.56. The Bertz CT molecular complexity index is 1190. The summed E-state index contributed by atoms with van der Waals surface area (Å²) in [5, 5.41) is 3.98. The molecule has 0 radical (unpaired) electrons. The molecule has 0 unspecified atom stereocenters. The Morgan fingerprint density at radius 3 is 2.76 bits per heavy atom. The molecule has 1 aliphatic rings. The van der Waals surface area contributed by atoms with Crippen LogP contribution in [0.25, 0.3) is 11.5 Å². The molecule has 4 rings (SSSR count). The molecule has 3 aromatic rings. The maximum absolute atomic E-state index is 12.9. The summed E-state index contributed by atoms with van der Waals surface area (Å²) in [5.41, 5.74) is 1.05. The molecule has 2 aromatic carbocycles. The predicted molar refractivity (Wildman–Crippen MR) is 108 cm³/mol. The van der Waals surface area contributed by atoms with Gasteiger partial charge in [0, 0.05) is 21.6 Å². The fourth-order valence-corrected chi connectivity index (χ4v) is 4.78. The summed E-state index contributed by atoms with van der Waals surface area (Å²) in [4.78, 5) is 16.0. The van der Waals surface area contributed by atoms with E-state index in [9.17, 15) is 13.2 Å². The number of hydrogen-bond donors (Lipinski definition) is 1. The Morgan fingerprint density at radius 2 is 2.03 bits per heavy atom. The van der Waals surface area contributed by atoms with Gasteiger partial charge in [-0.3, -0.25) is 4.72 Å². The first-order valence-corrected chi connectivity index (χ1v) is 11.0. The second-order valence-corrected chi connectivity index (χ2v) is 9.06. The number of methoxy groups -OCH3 is 1. The Kier molecular flexibility index (Phi) is 5.13. The van der Waals surface area contributed by atoms with Crippen LogP contribution in [0.5, 0.6) is 0 Å². The summed E-state index contributed by atoms with van der Waals surface area (Å²) in [7, 11) is -2.75. The molecule has 150 valence electrons. The van der Waals surface area contributed by atoms with Gasteiger partial charge in [0.1, 0.15) is 4.90 Å². The van der Waals surface area contributed by atoms with Gasteiger partial charge in [0.25, 0.3) is 15.9 Å². The normalized spacial score (nSPS) is 13.9. The van der Waals surface area contributed by atoms with Crippen molar-refractivity contribution in [2.24, 2.45) is 0 Å². The minimum atomic E-state index is -3.98. The largest absolute Gasteiger partial charge is 0.465 e. The highest BCUT2D eigenvalue weighted by atomic mass is 79.9. The van der Waals surface area contributed by atoms with Gasteiger partial charge in [0.2, 0.25) is 0 Å². The van der Waals surface area contributed by atoms with Gasteiger partial charge in [0.05, 0.1) is 12.7 Å². The number of benzene rings is 2. The van der Waals surface area contributed by atoms with Crippen molar-refractivity contribution in [3.8, 4) is 11.5 Å². The maximum atomic E-state index is 12.9. The summed E-state index contributed by atoms with van der Waals surface area (Å²) in [6, 6.07) is 10.9. The van der Waals surface area contributed by atoms with E-state index >= 15 is 0 Å². The number of sulfonamides is 1. The number of nitrogens with zero attached hydrogens (tertiary/aromatic N) is 2. The van der Waals surface area contributed by atoms with Crippen LogP contribution in [-0.2, 0) is 14.8 Å². The molecule has 29 heavy (non-hydrogen) atoms. The Balaban J connectivity index is 1.62. The van der Waals surface area contributed by atoms with Crippen LogP contribution >= 0.6 is 15.9 Å². The van der Waals surface area contributed by atoms with Crippen LogP contribution in [0.1, 0.15) is 34.9 Å². The van der Waals surface area contributed by atoms with Gasteiger partial charge in [0.15, 0.2) is 5.82 Å². The lowest BCUT2D eigenvalue weighted by Gasteiger charge is -2.11. The van der Waals surface area contributed by atoms with E-state index in [4.69, 9.17) is 4.52 Å². The van der Waals surface area contributed by atoms with E-state index in [2.05, 4.69) is 35.5 Å². The molecule has 1 N–H and O–H groups in total. The average Bonchev–Trinajstić information content (AvgIpc) is 3.44. The van der Waals surface area contributed by atoms with Crippen LogP contribution in [-0.4, -0.2) is 31.6 Å². The highest BCUT2D eigenvalue weighted by Crippen LogP contribution is 2.39. The Hall–Kier alpha value is -2.72. The van der Waals surface area contributed by atoms with E-state index in [0.29, 0.717) is 33.4 Å². The van der Waals surface area contributed by atoms with Crippen molar-refractivity contribution in [2.45, 2.75) is 23.7 Å². The van der Waals surface area contributed by atoms with Crippen LogP contribution < -0.4 is 4.72 Å². The number of hydrogen-bond acceptors (Lipinski definition) is 7. The van der Waals surface area contributed by atoms with E-state index in [1.165, 1.54) is 25.3 Å². The molecule has 10 heteroatoms. The van der Waals surface area contributed by atoms with Gasteiger partial charge in [-0.1, -0.05) is 11.2 Å². The number of carbonyl (C=O) groups is 1. The quantitative estimate of drug-likeness (QED) is 0.534. The minimum Gasteiger partial charge on any atom is -0.465 e. The zero-order valence-corrected chi connectivity index (χ0v) is 17.7. The summed E-state index contributed by atoms with van der Waals surface area (Å²) in [6.45, 7) is 0. The van der Waals surface area contributed by atoms with Crippen LogP contribution in [0.2, 0.25) is 0 Å². The first-order valence-electron chi connectivity index (χ1n) is 8.72. The van der Waals surface area contributed by atoms with Crippen LogP contribution in [0, 0.1) is 0 Å². The molecular formula is C19H16BrN3O5S. The average molecular weight is 478 g/mol. The number of ether oxygens (including phenoxy) is 1. The van der Waals surface area contributed by atoms with Gasteiger partial charge in [-0.25, -0.2) is 13.2 Å². The van der Waals surface area contributed by atoms with Crippen LogP contribution in [0.3, 0.4) is 0 Å². The summed E-state index contributed by atoms with van der Waals surface area (Å²) < 4.78 is 38.6. The highest BCUT2D eigenvalue weighted by molar-refractivity contribution is 9.10. The zero-order valence-electron chi connectivity index (χ0n) is 15.3. The molecule has 0 atom stereocenters. The summed E-state index contributed by atoms with van der Waals surface area (Å²) in [6.07, 6.45) is 2.11. The third-order valence-electron chi connectivity index (χ3n) is 4.39. The van der Waals surface area contributed by atoms with Crippen molar-refractivity contribution in [1.29, 1.82) is 0 Å². The summed E-state index contributed by atoms with van der Waals surface area (Å²) in [5.74, 6) is 0.740. The SMILES string of the molecule is COC(=O)c1ccc(Br)c(S(=O)(=O)Nc2cccc(-c3nc(C4CC4)no3)c2)c1. The second kappa shape index (κ2) is 7.60. The van der Waals surface area contributed by atoms with Crippen molar-refractivity contribution in [1.82, 2.24) is 10.1 Å². The number of carbonyl (C=O) groups excluding carboxylic acids is 1. The van der Waals surface area contributed by atoms with E-state index < -0.39 is 16.0 Å². The lowest BCUT2D eigenvalue weighted by Crippen LogP contribution is -2.15. The molecule has 1 heterocycles. The molecule has 8 nitrogen and oxygen atoms in total. The number of halogens is 1. The first kappa shape index (κ1) is 19.6. The number of esters is 1. The van der Waals surface area contributed by atoms with Crippen LogP contribution in [0.4, 0.5) is 5.69 Å². The molecule has 0 spiro atoms. The number of aromatic nitrogens is 2. The van der Waals surface area contributed by atoms with E-state index in [1.807, 2.05) is 0 Å². The van der Waals surface area contributed by atoms with Gasteiger partial charge >= 0.3 is 5.97 Å². The Labute approximate surface area is 175 Å². The van der Waals surface area contributed by atoms with Gasteiger partial charge < -0.3 is 9.26 Å². The topological polar surface area (TPSA) is 111 Å². The molecule has 0 bridgehead atoms. The van der Waals surface area contributed by atoms with Crippen molar-refractivity contribution in [3.63, 3.8) is 0 Å². The highest BCUT2D eigenvalue weighted by Gasteiger charge is 2.29. The third-order valence-corrected chi connectivity index (χ3v) is 6.76. The summed E-state index contributed by atoms with van der Waals surface area (Å²) >= 11 is 3.22. The monoisotopic (exact) mass is 477 g/mol. The smallest absolute Gasteiger partial charge is 0.337 e. The number of rotatable bonds is 6. The molecule has 1 fully saturated rings. The number of nitrogens with one attached hydrogen (secondary N) is 1. The minimum absolute atomic E-state index is 0.0837. The molecule has 0 amide bonds. The number of anilines is 1. The van der Waals surface area contributed by atoms with E-state index in [-0.39, 0.29) is 10.5 Å². The van der Waals surface area contributed by atoms with E-state index in [1.54, 1.807) is 24.3 Å². The molecule has 1 saturated carbocycles. The van der Waals surface area contributed by atoms with Crippen molar-refractivity contribution in [3.05, 3.63) is 58.3 Å². The van der Waals surface area contributed by atoms with Crippen molar-refractivity contribution >= 4 is 37.6 Å². The third kappa shape index (κ3) is 4.18. The zero-order chi connectivity index (χ0) is 20.6.